The molecule has 1 atom stereocenters. The van der Waals surface area contributed by atoms with Crippen LogP contribution in [0.3, 0.4) is 0 Å². The molecule has 0 aromatic heterocycles. The molecule has 0 spiro atoms. The highest BCUT2D eigenvalue weighted by molar-refractivity contribution is 5.71. The summed E-state index contributed by atoms with van der Waals surface area (Å²) in [7, 11) is 0. The van der Waals surface area contributed by atoms with Crippen molar-refractivity contribution >= 4 is 17.9 Å². The van der Waals surface area contributed by atoms with E-state index in [1.165, 1.54) is 128 Å². The van der Waals surface area contributed by atoms with Gasteiger partial charge in [0, 0.05) is 19.3 Å². The van der Waals surface area contributed by atoms with Crippen LogP contribution in [0.25, 0.3) is 0 Å². The van der Waals surface area contributed by atoms with E-state index in [2.05, 4.69) is 142 Å². The van der Waals surface area contributed by atoms with Crippen molar-refractivity contribution in [3.8, 4) is 0 Å². The topological polar surface area (TPSA) is 78.9 Å². The van der Waals surface area contributed by atoms with E-state index in [1.54, 1.807) is 0 Å². The Kier molecular flexibility index (Phi) is 64.8. The van der Waals surface area contributed by atoms with Crippen LogP contribution in [0.1, 0.15) is 316 Å². The lowest BCUT2D eigenvalue weighted by Crippen LogP contribution is -2.30. The molecule has 1 unspecified atom stereocenters. The smallest absolute Gasteiger partial charge is 0.306 e. The van der Waals surface area contributed by atoms with E-state index in [-0.39, 0.29) is 31.1 Å². The zero-order valence-corrected chi connectivity index (χ0v) is 53.0. The number of hydrogen-bond donors (Lipinski definition) is 0. The first-order chi connectivity index (χ1) is 40.0. The average molecular weight is 1120 g/mol. The van der Waals surface area contributed by atoms with Gasteiger partial charge in [0.1, 0.15) is 13.2 Å². The van der Waals surface area contributed by atoms with Crippen LogP contribution in [0.4, 0.5) is 0 Å². The summed E-state index contributed by atoms with van der Waals surface area (Å²) in [5, 5.41) is 0. The molecule has 0 radical (unpaired) electrons. The minimum atomic E-state index is -0.798. The maximum Gasteiger partial charge on any atom is 0.306 e. The Morgan fingerprint density at radius 3 is 0.753 bits per heavy atom. The molecule has 6 nitrogen and oxygen atoms in total. The fourth-order valence-electron chi connectivity index (χ4n) is 9.44. The fraction of sp³-hybridized carbons (Fsp3) is 0.693. The van der Waals surface area contributed by atoms with Gasteiger partial charge >= 0.3 is 17.9 Å². The minimum Gasteiger partial charge on any atom is -0.462 e. The zero-order chi connectivity index (χ0) is 58.5. The zero-order valence-electron chi connectivity index (χ0n) is 53.0. The molecule has 0 heterocycles. The molecule has 0 saturated heterocycles. The van der Waals surface area contributed by atoms with Gasteiger partial charge in [-0.05, 0) is 109 Å². The Hall–Kier alpha value is -4.19. The monoisotopic (exact) mass is 1120 g/mol. The molecule has 81 heavy (non-hydrogen) atoms. The van der Waals surface area contributed by atoms with Crippen LogP contribution < -0.4 is 0 Å². The summed E-state index contributed by atoms with van der Waals surface area (Å²) >= 11 is 0. The molecule has 0 aliphatic heterocycles. The van der Waals surface area contributed by atoms with E-state index in [4.69, 9.17) is 14.2 Å². The van der Waals surface area contributed by atoms with Crippen LogP contribution in [-0.4, -0.2) is 37.2 Å². The molecule has 0 N–H and O–H groups in total. The van der Waals surface area contributed by atoms with Crippen molar-refractivity contribution in [1.29, 1.82) is 0 Å². The first kappa shape index (κ1) is 76.8. The highest BCUT2D eigenvalue weighted by Gasteiger charge is 2.19. The van der Waals surface area contributed by atoms with Gasteiger partial charge in [-0.3, -0.25) is 14.4 Å². The van der Waals surface area contributed by atoms with Crippen molar-refractivity contribution in [2.75, 3.05) is 13.2 Å². The van der Waals surface area contributed by atoms with Gasteiger partial charge in [0.2, 0.25) is 0 Å². The first-order valence-electron chi connectivity index (χ1n) is 34.0. The van der Waals surface area contributed by atoms with Gasteiger partial charge in [0.15, 0.2) is 6.10 Å². The van der Waals surface area contributed by atoms with E-state index in [9.17, 15) is 14.4 Å². The van der Waals surface area contributed by atoms with E-state index in [0.29, 0.717) is 19.3 Å². The van der Waals surface area contributed by atoms with Crippen molar-refractivity contribution < 1.29 is 28.6 Å². The second-order valence-corrected chi connectivity index (χ2v) is 22.3. The molecule has 0 rings (SSSR count). The van der Waals surface area contributed by atoms with E-state index >= 15 is 0 Å². The van der Waals surface area contributed by atoms with E-state index < -0.39 is 6.10 Å². The fourth-order valence-corrected chi connectivity index (χ4v) is 9.44. The second-order valence-electron chi connectivity index (χ2n) is 22.3. The quantitative estimate of drug-likeness (QED) is 0.0261. The van der Waals surface area contributed by atoms with Crippen LogP contribution in [-0.2, 0) is 28.6 Å². The molecular weight excluding hydrogens is 997 g/mol. The third-order valence-corrected chi connectivity index (χ3v) is 14.5. The number of ether oxygens (including phenoxy) is 3. The molecule has 0 aliphatic carbocycles. The molecule has 0 aliphatic rings. The highest BCUT2D eigenvalue weighted by Crippen LogP contribution is 2.17. The molecule has 0 aromatic rings. The molecular formula is C75H126O6. The Bertz CT molecular complexity index is 1670. The number of carbonyl (C=O) groups excluding carboxylic acids is 3. The van der Waals surface area contributed by atoms with Gasteiger partial charge < -0.3 is 14.2 Å². The number of carbonyl (C=O) groups is 3. The summed E-state index contributed by atoms with van der Waals surface area (Å²) in [5.41, 5.74) is 0. The lowest BCUT2D eigenvalue weighted by molar-refractivity contribution is -0.167. The molecule has 462 valence electrons. The van der Waals surface area contributed by atoms with Crippen LogP contribution in [0.5, 0.6) is 0 Å². The van der Waals surface area contributed by atoms with Crippen molar-refractivity contribution in [2.45, 2.75) is 322 Å². The standard InChI is InChI=1S/C75H126O6/c1-4-7-10-13-16-19-22-25-28-31-34-36-37-39-41-44-47-50-53-56-59-62-65-68-74(77)80-71-72(70-79-73(76)67-64-61-58-55-52-49-46-43-40-33-30-27-24-21-18-15-12-9-6-3)81-75(78)69-66-63-60-57-54-51-48-45-42-38-35-32-29-26-23-20-17-14-11-8-5-2/h7-8,10-11,16-17,19-20,25-26,28-29,34-36,38-39,41,45,48,72H,4-6,9,12-15,18,21-24,27,30-33,37,40,42-44,46-47,49-71H2,1-3H3/b10-7-,11-8-,19-16-,20-17-,28-25-,29-26-,36-34-,38-35-,41-39-,48-45-. The molecule has 6 heteroatoms. The predicted molar refractivity (Wildman–Crippen MR) is 353 cm³/mol. The van der Waals surface area contributed by atoms with Crippen LogP contribution in [0.2, 0.25) is 0 Å². The summed E-state index contributed by atoms with van der Waals surface area (Å²) in [4.78, 5) is 38.5. The van der Waals surface area contributed by atoms with Gasteiger partial charge in [0.25, 0.3) is 0 Å². The molecule has 0 amide bonds. The minimum absolute atomic E-state index is 0.0894. The number of rotatable bonds is 61. The number of esters is 3. The maximum absolute atomic E-state index is 13.0. The second kappa shape index (κ2) is 68.3. The van der Waals surface area contributed by atoms with Gasteiger partial charge in [0.05, 0.1) is 0 Å². The predicted octanol–water partition coefficient (Wildman–Crippen LogP) is 23.6. The van der Waals surface area contributed by atoms with Crippen molar-refractivity contribution in [2.24, 2.45) is 0 Å². The Morgan fingerprint density at radius 1 is 0.259 bits per heavy atom. The normalized spacial score (nSPS) is 12.9. The van der Waals surface area contributed by atoms with Crippen LogP contribution >= 0.6 is 0 Å². The first-order valence-corrected chi connectivity index (χ1v) is 34.0. The van der Waals surface area contributed by atoms with Crippen molar-refractivity contribution in [3.63, 3.8) is 0 Å². The largest absolute Gasteiger partial charge is 0.462 e. The van der Waals surface area contributed by atoms with Crippen LogP contribution in [0, 0.1) is 0 Å². The molecule has 0 saturated carbocycles. The Morgan fingerprint density at radius 2 is 0.481 bits per heavy atom. The number of allylic oxidation sites excluding steroid dienone is 20. The molecule has 0 fully saturated rings. The molecule has 0 aromatic carbocycles. The Labute approximate surface area is 501 Å². The van der Waals surface area contributed by atoms with Crippen molar-refractivity contribution in [3.05, 3.63) is 122 Å². The maximum atomic E-state index is 13.0. The SMILES string of the molecule is CC/C=C\C/C=C\C/C=C\C/C=C\C/C=C\CCCCCCCCCC(=O)OCC(COC(=O)CCCCCCCCCCCCCCCCCCCCC)OC(=O)CCCCCCC/C=C\C/C=C\C/C=C\C/C=C\C/C=C\CC. The summed E-state index contributed by atoms with van der Waals surface area (Å²) in [6.07, 6.45) is 94.9. The number of unbranched alkanes of at least 4 members (excludes halogenated alkanes) is 30. The highest BCUT2D eigenvalue weighted by atomic mass is 16.6. The van der Waals surface area contributed by atoms with Gasteiger partial charge in [-0.1, -0.05) is 309 Å². The van der Waals surface area contributed by atoms with Gasteiger partial charge in [-0.2, -0.15) is 0 Å². The van der Waals surface area contributed by atoms with Gasteiger partial charge in [-0.25, -0.2) is 0 Å². The van der Waals surface area contributed by atoms with E-state index in [1.807, 2.05) is 0 Å². The third-order valence-electron chi connectivity index (χ3n) is 14.5. The lowest BCUT2D eigenvalue weighted by Gasteiger charge is -2.18. The number of hydrogen-bond acceptors (Lipinski definition) is 6. The summed E-state index contributed by atoms with van der Waals surface area (Å²) in [6.45, 7) is 6.42. The van der Waals surface area contributed by atoms with Crippen LogP contribution in [0.15, 0.2) is 122 Å². The van der Waals surface area contributed by atoms with Crippen molar-refractivity contribution in [1.82, 2.24) is 0 Å². The van der Waals surface area contributed by atoms with Gasteiger partial charge in [-0.15, -0.1) is 0 Å². The average Bonchev–Trinajstić information content (AvgIpc) is 3.47. The summed E-state index contributed by atoms with van der Waals surface area (Å²) in [6, 6.07) is 0. The van der Waals surface area contributed by atoms with E-state index in [0.717, 1.165) is 148 Å². The molecule has 0 bridgehead atoms. The Balaban J connectivity index is 4.45. The third kappa shape index (κ3) is 66.5. The summed E-state index contributed by atoms with van der Waals surface area (Å²) in [5.74, 6) is -0.909. The summed E-state index contributed by atoms with van der Waals surface area (Å²) < 4.78 is 17.0. The lowest BCUT2D eigenvalue weighted by atomic mass is 10.0.